The molecule has 200 valence electrons. The maximum absolute atomic E-state index is 14.9. The second kappa shape index (κ2) is 11.5. The van der Waals surface area contributed by atoms with Crippen molar-refractivity contribution in [1.82, 2.24) is 9.29 Å². The fraction of sp³-hybridized carbons (Fsp3) is 0.269. The van der Waals surface area contributed by atoms with Crippen molar-refractivity contribution in [2.24, 2.45) is 11.8 Å². The van der Waals surface area contributed by atoms with Crippen LogP contribution in [0.1, 0.15) is 19.8 Å². The lowest BCUT2D eigenvalue weighted by Crippen LogP contribution is -2.34. The molecule has 2 aromatic carbocycles. The minimum Gasteiger partial charge on any atom is -0.326 e. The van der Waals surface area contributed by atoms with Crippen molar-refractivity contribution >= 4 is 44.8 Å². The summed E-state index contributed by atoms with van der Waals surface area (Å²) in [6, 6.07) is 14.2. The number of rotatable bonds is 8. The van der Waals surface area contributed by atoms with E-state index in [0.717, 1.165) is 6.07 Å². The molecule has 9 nitrogen and oxygen atoms in total. The van der Waals surface area contributed by atoms with Crippen LogP contribution in [0.4, 0.5) is 15.8 Å². The van der Waals surface area contributed by atoms with Gasteiger partial charge in [0.2, 0.25) is 21.8 Å². The van der Waals surface area contributed by atoms with Gasteiger partial charge in [0.15, 0.2) is 0 Å². The van der Waals surface area contributed by atoms with Crippen molar-refractivity contribution in [3.05, 3.63) is 88.1 Å². The highest BCUT2D eigenvalue weighted by atomic mass is 35.5. The predicted octanol–water partition coefficient (Wildman–Crippen LogP) is 3.54. The first-order valence-corrected chi connectivity index (χ1v) is 13.9. The van der Waals surface area contributed by atoms with Crippen LogP contribution in [0.25, 0.3) is 5.69 Å². The first-order chi connectivity index (χ1) is 18.1. The Bertz CT molecular complexity index is 1510. The standard InChI is InChI=1S/C26H26ClFN4O5S/c1-2-38(36,37)31-18-13-20(25(34)29-17-8-6-16(27)7-9-17)21(14-18)26(35)30-23-11-10-19(15-22(23)28)32-12-4-3-5-24(32)33/h3-12,15,18,20-21,31H,2,13-14H2,1H3,(H,29,34)(H,30,35). The first kappa shape index (κ1) is 27.5. The average Bonchev–Trinajstić information content (AvgIpc) is 3.30. The zero-order valence-corrected chi connectivity index (χ0v) is 21.9. The van der Waals surface area contributed by atoms with E-state index in [9.17, 15) is 27.2 Å². The molecule has 1 aliphatic rings. The molecule has 3 aromatic rings. The summed E-state index contributed by atoms with van der Waals surface area (Å²) in [6.07, 6.45) is 1.65. The zero-order valence-electron chi connectivity index (χ0n) is 20.4. The number of hydrogen-bond acceptors (Lipinski definition) is 5. The van der Waals surface area contributed by atoms with Crippen molar-refractivity contribution in [1.29, 1.82) is 0 Å². The number of nitrogens with one attached hydrogen (secondary N) is 3. The van der Waals surface area contributed by atoms with E-state index in [4.69, 9.17) is 11.6 Å². The number of sulfonamides is 1. The summed E-state index contributed by atoms with van der Waals surface area (Å²) in [6.45, 7) is 1.49. The van der Waals surface area contributed by atoms with Gasteiger partial charge in [-0.05, 0) is 62.2 Å². The van der Waals surface area contributed by atoms with Crippen LogP contribution < -0.4 is 20.9 Å². The Morgan fingerprint density at radius 1 is 1.00 bits per heavy atom. The Kier molecular flexibility index (Phi) is 8.29. The molecule has 12 heteroatoms. The minimum absolute atomic E-state index is 0.0584. The minimum atomic E-state index is -3.58. The molecular weight excluding hydrogens is 535 g/mol. The van der Waals surface area contributed by atoms with Crippen LogP contribution in [0.2, 0.25) is 5.02 Å². The second-order valence-electron chi connectivity index (χ2n) is 8.96. The summed E-state index contributed by atoms with van der Waals surface area (Å²) in [4.78, 5) is 38.4. The van der Waals surface area contributed by atoms with E-state index < -0.39 is 45.5 Å². The van der Waals surface area contributed by atoms with E-state index >= 15 is 0 Å². The number of carbonyl (C=O) groups excluding carboxylic acids is 2. The molecule has 0 aliphatic heterocycles. The van der Waals surface area contributed by atoms with Crippen molar-refractivity contribution in [3.8, 4) is 5.69 Å². The number of pyridine rings is 1. The summed E-state index contributed by atoms with van der Waals surface area (Å²) in [5, 5.41) is 5.75. The highest BCUT2D eigenvalue weighted by molar-refractivity contribution is 7.89. The first-order valence-electron chi connectivity index (χ1n) is 11.9. The molecule has 0 bridgehead atoms. The van der Waals surface area contributed by atoms with Crippen LogP contribution in [-0.2, 0) is 19.6 Å². The van der Waals surface area contributed by atoms with E-state index in [1.54, 1.807) is 36.4 Å². The van der Waals surface area contributed by atoms with Crippen LogP contribution in [0.15, 0.2) is 71.7 Å². The molecule has 3 unspecified atom stereocenters. The zero-order chi connectivity index (χ0) is 27.4. The molecule has 1 fully saturated rings. The molecule has 1 heterocycles. The second-order valence-corrected chi connectivity index (χ2v) is 11.4. The van der Waals surface area contributed by atoms with Gasteiger partial charge in [0, 0.05) is 35.1 Å². The molecule has 4 rings (SSSR count). The van der Waals surface area contributed by atoms with Crippen LogP contribution in [0.5, 0.6) is 0 Å². The number of carbonyl (C=O) groups is 2. The molecular formula is C26H26ClFN4O5S. The molecule has 0 saturated heterocycles. The molecule has 1 aliphatic carbocycles. The van der Waals surface area contributed by atoms with Crippen molar-refractivity contribution in [2.45, 2.75) is 25.8 Å². The summed E-state index contributed by atoms with van der Waals surface area (Å²) < 4.78 is 43.0. The van der Waals surface area contributed by atoms with Crippen LogP contribution in [-0.4, -0.2) is 36.6 Å². The number of aromatic nitrogens is 1. The molecule has 2 amide bonds. The van der Waals surface area contributed by atoms with E-state index in [-0.39, 0.29) is 35.5 Å². The normalized spacial score (nSPS) is 19.2. The average molecular weight is 561 g/mol. The third kappa shape index (κ3) is 6.47. The smallest absolute Gasteiger partial charge is 0.255 e. The van der Waals surface area contributed by atoms with Crippen molar-refractivity contribution in [3.63, 3.8) is 0 Å². The summed E-state index contributed by atoms with van der Waals surface area (Å²) in [5.74, 6) is -3.81. The van der Waals surface area contributed by atoms with Gasteiger partial charge in [-0.2, -0.15) is 0 Å². The molecule has 3 atom stereocenters. The molecule has 1 aromatic heterocycles. The van der Waals surface area contributed by atoms with Gasteiger partial charge < -0.3 is 10.6 Å². The van der Waals surface area contributed by atoms with Gasteiger partial charge in [-0.15, -0.1) is 0 Å². The van der Waals surface area contributed by atoms with E-state index in [1.807, 2.05) is 0 Å². The Balaban J connectivity index is 1.54. The van der Waals surface area contributed by atoms with Gasteiger partial charge >= 0.3 is 0 Å². The monoisotopic (exact) mass is 560 g/mol. The Morgan fingerprint density at radius 2 is 1.66 bits per heavy atom. The lowest BCUT2D eigenvalue weighted by Gasteiger charge is -2.19. The lowest BCUT2D eigenvalue weighted by atomic mass is 9.94. The van der Waals surface area contributed by atoms with Crippen LogP contribution in [0, 0.1) is 17.7 Å². The number of nitrogens with zero attached hydrogens (tertiary/aromatic N) is 1. The lowest BCUT2D eigenvalue weighted by molar-refractivity contribution is -0.128. The Hall–Kier alpha value is -3.54. The number of hydrogen-bond donors (Lipinski definition) is 3. The maximum Gasteiger partial charge on any atom is 0.255 e. The third-order valence-electron chi connectivity index (χ3n) is 6.39. The van der Waals surface area contributed by atoms with Crippen molar-refractivity contribution < 1.29 is 22.4 Å². The topological polar surface area (TPSA) is 126 Å². The highest BCUT2D eigenvalue weighted by Crippen LogP contribution is 2.35. The number of amides is 2. The molecule has 0 radical (unpaired) electrons. The van der Waals surface area contributed by atoms with Crippen molar-refractivity contribution in [2.75, 3.05) is 16.4 Å². The SMILES string of the molecule is CCS(=O)(=O)NC1CC(C(=O)Nc2ccc(Cl)cc2)C(C(=O)Nc2ccc(-n3ccccc3=O)cc2F)C1. The van der Waals surface area contributed by atoms with Gasteiger partial charge in [0.05, 0.1) is 29.0 Å². The van der Waals surface area contributed by atoms with Crippen LogP contribution in [0.3, 0.4) is 0 Å². The Morgan fingerprint density at radius 3 is 2.26 bits per heavy atom. The van der Waals surface area contributed by atoms with Gasteiger partial charge in [0.1, 0.15) is 5.82 Å². The fourth-order valence-electron chi connectivity index (χ4n) is 4.44. The fourth-order valence-corrected chi connectivity index (χ4v) is 5.43. The number of benzene rings is 2. The predicted molar refractivity (Wildman–Crippen MR) is 143 cm³/mol. The van der Waals surface area contributed by atoms with Gasteiger partial charge in [-0.1, -0.05) is 17.7 Å². The number of anilines is 2. The third-order valence-corrected chi connectivity index (χ3v) is 8.09. The van der Waals surface area contributed by atoms with Gasteiger partial charge in [-0.3, -0.25) is 19.0 Å². The molecule has 3 N–H and O–H groups in total. The van der Waals surface area contributed by atoms with Gasteiger partial charge in [0.25, 0.3) is 5.56 Å². The van der Waals surface area contributed by atoms with Gasteiger partial charge in [-0.25, -0.2) is 17.5 Å². The summed E-state index contributed by atoms with van der Waals surface area (Å²) in [7, 11) is -3.58. The molecule has 1 saturated carbocycles. The molecule has 0 spiro atoms. The summed E-state index contributed by atoms with van der Waals surface area (Å²) >= 11 is 5.90. The largest absolute Gasteiger partial charge is 0.326 e. The Labute approximate surface area is 224 Å². The van der Waals surface area contributed by atoms with E-state index in [1.165, 1.54) is 35.9 Å². The molecule has 38 heavy (non-hydrogen) atoms. The number of halogens is 2. The van der Waals surface area contributed by atoms with Crippen LogP contribution >= 0.6 is 11.6 Å². The summed E-state index contributed by atoms with van der Waals surface area (Å²) in [5.41, 5.74) is 0.275. The highest BCUT2D eigenvalue weighted by Gasteiger charge is 2.44. The van der Waals surface area contributed by atoms with E-state index in [0.29, 0.717) is 10.7 Å². The maximum atomic E-state index is 14.9. The van der Waals surface area contributed by atoms with E-state index in [2.05, 4.69) is 15.4 Å². The quantitative estimate of drug-likeness (QED) is 0.388.